The summed E-state index contributed by atoms with van der Waals surface area (Å²) >= 11 is 1.72. The second kappa shape index (κ2) is 13.5. The molecule has 6 nitrogen and oxygen atoms in total. The average molecular weight is 569 g/mol. The summed E-state index contributed by atoms with van der Waals surface area (Å²) in [6, 6.07) is 32.3. The van der Waals surface area contributed by atoms with Gasteiger partial charge >= 0.3 is 0 Å². The third kappa shape index (κ3) is 7.07. The minimum atomic E-state index is -0.528. The highest BCUT2D eigenvalue weighted by molar-refractivity contribution is 7.99. The maximum atomic E-state index is 11.4. The summed E-state index contributed by atoms with van der Waals surface area (Å²) in [7, 11) is 0. The molecule has 4 aromatic carbocycles. The van der Waals surface area contributed by atoms with Gasteiger partial charge in [-0.2, -0.15) is 0 Å². The average Bonchev–Trinajstić information content (AvgIpc) is 3.01. The van der Waals surface area contributed by atoms with Crippen molar-refractivity contribution in [1.29, 1.82) is 0 Å². The smallest absolute Gasteiger partial charge is 0.221 e. The van der Waals surface area contributed by atoms with Crippen LogP contribution < -0.4 is 11.1 Å². The Morgan fingerprint density at radius 1 is 0.902 bits per heavy atom. The van der Waals surface area contributed by atoms with Gasteiger partial charge in [0.2, 0.25) is 5.91 Å². The largest absolute Gasteiger partial charge is 0.392 e. The Morgan fingerprint density at radius 2 is 1.59 bits per heavy atom. The van der Waals surface area contributed by atoms with Gasteiger partial charge in [0.1, 0.15) is 0 Å². The fraction of sp³-hybridized carbons (Fsp3) is 0.265. The van der Waals surface area contributed by atoms with Crippen LogP contribution in [0.4, 0.5) is 5.69 Å². The summed E-state index contributed by atoms with van der Waals surface area (Å²) < 4.78 is 13.2. The van der Waals surface area contributed by atoms with Crippen molar-refractivity contribution in [3.63, 3.8) is 0 Å². The number of hydrogen-bond acceptors (Lipinski definition) is 6. The lowest BCUT2D eigenvalue weighted by Crippen LogP contribution is -2.38. The van der Waals surface area contributed by atoms with Crippen LogP contribution in [0.5, 0.6) is 0 Å². The van der Waals surface area contributed by atoms with E-state index in [1.54, 1.807) is 11.8 Å². The van der Waals surface area contributed by atoms with E-state index in [1.165, 1.54) is 6.92 Å². The molecule has 5 rings (SSSR count). The Morgan fingerprint density at radius 3 is 2.24 bits per heavy atom. The third-order valence-electron chi connectivity index (χ3n) is 7.44. The molecule has 0 aromatic heterocycles. The molecule has 1 amide bonds. The summed E-state index contributed by atoms with van der Waals surface area (Å²) in [6.45, 7) is 4.16. The molecular weight excluding hydrogens is 532 g/mol. The van der Waals surface area contributed by atoms with E-state index in [0.29, 0.717) is 6.54 Å². The van der Waals surface area contributed by atoms with E-state index in [-0.39, 0.29) is 30.6 Å². The Kier molecular flexibility index (Phi) is 9.54. The number of benzene rings is 4. The quantitative estimate of drug-likeness (QED) is 0.191. The number of anilines is 1. The van der Waals surface area contributed by atoms with Gasteiger partial charge in [-0.15, -0.1) is 11.8 Å². The number of hydrogen-bond donors (Lipinski definition) is 3. The van der Waals surface area contributed by atoms with Crippen molar-refractivity contribution in [2.24, 2.45) is 11.7 Å². The van der Waals surface area contributed by atoms with Crippen LogP contribution in [-0.2, 0) is 27.4 Å². The van der Waals surface area contributed by atoms with Crippen LogP contribution in [0.15, 0.2) is 102 Å². The van der Waals surface area contributed by atoms with Gasteiger partial charge in [0.05, 0.1) is 18.8 Å². The highest BCUT2D eigenvalue weighted by atomic mass is 32.2. The minimum Gasteiger partial charge on any atom is -0.392 e. The molecule has 1 saturated heterocycles. The van der Waals surface area contributed by atoms with Crippen molar-refractivity contribution in [2.75, 3.05) is 11.1 Å². The van der Waals surface area contributed by atoms with Gasteiger partial charge in [0.15, 0.2) is 6.29 Å². The highest BCUT2D eigenvalue weighted by Gasteiger charge is 2.38. The van der Waals surface area contributed by atoms with E-state index in [0.717, 1.165) is 49.7 Å². The minimum absolute atomic E-state index is 0.00667. The number of aliphatic hydroxyl groups is 1. The Balaban J connectivity index is 1.37. The number of thioether (sulfide) groups is 1. The molecule has 7 heteroatoms. The lowest BCUT2D eigenvalue weighted by molar-refractivity contribution is -0.268. The molecule has 1 aliphatic rings. The molecule has 0 unspecified atom stereocenters. The molecule has 0 aliphatic carbocycles. The molecule has 4 aromatic rings. The van der Waals surface area contributed by atoms with Gasteiger partial charge in [0.25, 0.3) is 0 Å². The number of ether oxygens (including phenoxy) is 2. The normalized spacial score (nSPS) is 20.5. The molecule has 212 valence electrons. The SMILES string of the molecule is CC(=O)Nc1ccc(SC[C@@H]2O[C@H](c3ccc(-c4ccccc4CN)cc3)O[C@H](c3ccc(CO)cc3)[C@@H]2C)cc1. The molecule has 0 saturated carbocycles. The van der Waals surface area contributed by atoms with Crippen molar-refractivity contribution in [1.82, 2.24) is 0 Å². The van der Waals surface area contributed by atoms with Crippen molar-refractivity contribution in [3.8, 4) is 11.1 Å². The van der Waals surface area contributed by atoms with Crippen LogP contribution in [0.3, 0.4) is 0 Å². The molecule has 4 atom stereocenters. The monoisotopic (exact) mass is 568 g/mol. The summed E-state index contributed by atoms with van der Waals surface area (Å²) in [5.74, 6) is 0.747. The van der Waals surface area contributed by atoms with Crippen LogP contribution in [0.25, 0.3) is 11.1 Å². The van der Waals surface area contributed by atoms with E-state index >= 15 is 0 Å². The van der Waals surface area contributed by atoms with Gasteiger partial charge < -0.3 is 25.6 Å². The molecule has 1 aliphatic heterocycles. The summed E-state index contributed by atoms with van der Waals surface area (Å²) in [4.78, 5) is 12.5. The fourth-order valence-electron chi connectivity index (χ4n) is 5.13. The van der Waals surface area contributed by atoms with Crippen molar-refractivity contribution in [3.05, 3.63) is 119 Å². The zero-order valence-electron chi connectivity index (χ0n) is 23.3. The number of nitrogens with one attached hydrogen (secondary N) is 1. The fourth-order valence-corrected chi connectivity index (χ4v) is 6.19. The molecule has 0 radical (unpaired) electrons. The molecule has 4 N–H and O–H groups in total. The second-order valence-electron chi connectivity index (χ2n) is 10.3. The zero-order valence-corrected chi connectivity index (χ0v) is 24.1. The van der Waals surface area contributed by atoms with Gasteiger partial charge in [-0.3, -0.25) is 4.79 Å². The predicted octanol–water partition coefficient (Wildman–Crippen LogP) is 6.85. The van der Waals surface area contributed by atoms with E-state index in [4.69, 9.17) is 15.2 Å². The second-order valence-corrected chi connectivity index (χ2v) is 11.4. The summed E-state index contributed by atoms with van der Waals surface area (Å²) in [6.07, 6.45) is -0.777. The number of carbonyl (C=O) groups is 1. The van der Waals surface area contributed by atoms with Crippen LogP contribution in [0, 0.1) is 5.92 Å². The standard InChI is InChI=1S/C34H36N2O4S/c1-22-32(21-41-30-17-15-29(16-18-30)36-23(2)38)39-34(40-33(22)26-9-7-24(20-37)8-10-26)27-13-11-25(12-14-27)31-6-4-3-5-28(31)19-35/h3-18,22,32-34,37H,19-21,35H2,1-2H3,(H,36,38)/t22-,32+,33+,34+/m1/s1. The molecule has 1 fully saturated rings. The van der Waals surface area contributed by atoms with E-state index in [9.17, 15) is 9.90 Å². The number of aliphatic hydroxyl groups excluding tert-OH is 1. The van der Waals surface area contributed by atoms with Gasteiger partial charge in [-0.1, -0.05) is 79.7 Å². The Bertz CT molecular complexity index is 1440. The van der Waals surface area contributed by atoms with Crippen LogP contribution in [0.1, 0.15) is 48.5 Å². The Hall–Kier alpha value is -3.46. The first-order valence-corrected chi connectivity index (χ1v) is 14.8. The third-order valence-corrected chi connectivity index (χ3v) is 8.54. The summed E-state index contributed by atoms with van der Waals surface area (Å²) in [5.41, 5.74) is 13.0. The summed E-state index contributed by atoms with van der Waals surface area (Å²) in [5, 5.41) is 12.3. The zero-order chi connectivity index (χ0) is 28.8. The van der Waals surface area contributed by atoms with Crippen LogP contribution >= 0.6 is 11.8 Å². The lowest BCUT2D eigenvalue weighted by atomic mass is 9.91. The van der Waals surface area contributed by atoms with Gasteiger partial charge in [-0.25, -0.2) is 0 Å². The molecule has 1 heterocycles. The van der Waals surface area contributed by atoms with E-state index in [2.05, 4.69) is 48.6 Å². The highest BCUT2D eigenvalue weighted by Crippen LogP contribution is 2.43. The topological polar surface area (TPSA) is 93.8 Å². The van der Waals surface area contributed by atoms with Crippen molar-refractivity contribution >= 4 is 23.4 Å². The Labute approximate surface area is 245 Å². The predicted molar refractivity (Wildman–Crippen MR) is 164 cm³/mol. The first kappa shape index (κ1) is 29.0. The maximum Gasteiger partial charge on any atom is 0.221 e. The maximum absolute atomic E-state index is 11.4. The van der Waals surface area contributed by atoms with E-state index in [1.807, 2.05) is 60.7 Å². The van der Waals surface area contributed by atoms with Crippen molar-refractivity contribution < 1.29 is 19.4 Å². The lowest BCUT2D eigenvalue weighted by Gasteiger charge is -2.41. The first-order chi connectivity index (χ1) is 19.9. The molecule has 41 heavy (non-hydrogen) atoms. The van der Waals surface area contributed by atoms with E-state index < -0.39 is 6.29 Å². The number of carbonyl (C=O) groups excluding carboxylic acids is 1. The van der Waals surface area contributed by atoms with Gasteiger partial charge in [0, 0.05) is 41.3 Å². The molecular formula is C34H36N2O4S. The molecule has 0 bridgehead atoms. The van der Waals surface area contributed by atoms with Gasteiger partial charge in [-0.05, 0) is 52.1 Å². The van der Waals surface area contributed by atoms with Crippen LogP contribution in [-0.4, -0.2) is 22.9 Å². The number of amides is 1. The van der Waals surface area contributed by atoms with Crippen LogP contribution in [0.2, 0.25) is 0 Å². The molecule has 0 spiro atoms. The number of nitrogens with two attached hydrogens (primary N) is 1. The number of rotatable bonds is 9. The first-order valence-electron chi connectivity index (χ1n) is 13.8. The van der Waals surface area contributed by atoms with Crippen molar-refractivity contribution in [2.45, 2.75) is 50.4 Å².